The van der Waals surface area contributed by atoms with Gasteiger partial charge in [-0.1, -0.05) is 0 Å². The second-order valence-electron chi connectivity index (χ2n) is 4.41. The Morgan fingerprint density at radius 2 is 2.35 bits per heavy atom. The number of carbonyl (C=O) groups excluding carboxylic acids is 1. The smallest absolute Gasteiger partial charge is 0.317 e. The molecule has 3 heterocycles. The molecule has 1 aromatic rings. The fraction of sp³-hybridized carbons (Fsp3) is 0.455. The van der Waals surface area contributed by atoms with E-state index in [1.165, 1.54) is 0 Å². The molecule has 0 radical (unpaired) electrons. The Bertz CT molecular complexity index is 449. The first kappa shape index (κ1) is 10.2. The van der Waals surface area contributed by atoms with Crippen LogP contribution in [0.25, 0.3) is 0 Å². The van der Waals surface area contributed by atoms with Gasteiger partial charge in [-0.15, -0.1) is 0 Å². The Morgan fingerprint density at radius 1 is 1.47 bits per heavy atom. The number of rotatable bonds is 1. The maximum atomic E-state index is 11.5. The number of anilines is 2. The van der Waals surface area contributed by atoms with E-state index in [-0.39, 0.29) is 12.1 Å². The van der Waals surface area contributed by atoms with Gasteiger partial charge in [-0.3, -0.25) is 4.98 Å². The molecule has 0 spiro atoms. The quantitative estimate of drug-likeness (QED) is 0.709. The summed E-state index contributed by atoms with van der Waals surface area (Å²) in [4.78, 5) is 19.6. The highest BCUT2D eigenvalue weighted by molar-refractivity contribution is 5.78. The van der Waals surface area contributed by atoms with Crippen LogP contribution in [0.1, 0.15) is 0 Å². The lowest BCUT2D eigenvalue weighted by molar-refractivity contribution is 0.198. The SMILES string of the molecule is Nc1cnccc1N1CCN2C(=O)NCC2C1. The van der Waals surface area contributed by atoms with Crippen molar-refractivity contribution in [2.75, 3.05) is 36.8 Å². The van der Waals surface area contributed by atoms with E-state index in [0.717, 1.165) is 31.9 Å². The van der Waals surface area contributed by atoms with Crippen LogP contribution < -0.4 is 16.0 Å². The van der Waals surface area contributed by atoms with Crippen molar-refractivity contribution in [2.45, 2.75) is 6.04 Å². The molecule has 6 heteroatoms. The minimum Gasteiger partial charge on any atom is -0.396 e. The minimum atomic E-state index is 0.0531. The predicted molar refractivity (Wildman–Crippen MR) is 64.8 cm³/mol. The maximum absolute atomic E-state index is 11.5. The molecule has 3 N–H and O–H groups in total. The summed E-state index contributed by atoms with van der Waals surface area (Å²) >= 11 is 0. The van der Waals surface area contributed by atoms with Gasteiger partial charge in [0.2, 0.25) is 0 Å². The van der Waals surface area contributed by atoms with E-state index in [1.54, 1.807) is 12.4 Å². The molecule has 90 valence electrons. The molecule has 0 aromatic carbocycles. The summed E-state index contributed by atoms with van der Waals surface area (Å²) in [7, 11) is 0. The van der Waals surface area contributed by atoms with Crippen LogP contribution in [0.3, 0.4) is 0 Å². The third-order valence-corrected chi connectivity index (χ3v) is 3.40. The third-order valence-electron chi connectivity index (χ3n) is 3.40. The van der Waals surface area contributed by atoms with Crippen molar-refractivity contribution in [3.05, 3.63) is 18.5 Å². The van der Waals surface area contributed by atoms with Gasteiger partial charge < -0.3 is 20.9 Å². The lowest BCUT2D eigenvalue weighted by Gasteiger charge is -2.38. The molecule has 1 aromatic heterocycles. The van der Waals surface area contributed by atoms with Gasteiger partial charge >= 0.3 is 6.03 Å². The number of fused-ring (bicyclic) bond motifs is 1. The van der Waals surface area contributed by atoms with Crippen LogP contribution in [0.5, 0.6) is 0 Å². The van der Waals surface area contributed by atoms with Crippen LogP contribution in [0, 0.1) is 0 Å². The molecule has 2 saturated heterocycles. The number of urea groups is 1. The van der Waals surface area contributed by atoms with Crippen LogP contribution in [0.15, 0.2) is 18.5 Å². The van der Waals surface area contributed by atoms with E-state index in [9.17, 15) is 4.79 Å². The number of nitrogen functional groups attached to an aromatic ring is 1. The molecule has 6 nitrogen and oxygen atoms in total. The van der Waals surface area contributed by atoms with Crippen LogP contribution in [0.4, 0.5) is 16.2 Å². The van der Waals surface area contributed by atoms with Gasteiger partial charge in [0.25, 0.3) is 0 Å². The van der Waals surface area contributed by atoms with E-state index in [2.05, 4.69) is 15.2 Å². The Balaban J connectivity index is 1.80. The van der Waals surface area contributed by atoms with E-state index < -0.39 is 0 Å². The summed E-state index contributed by atoms with van der Waals surface area (Å²) in [6, 6.07) is 2.23. The number of nitrogens with two attached hydrogens (primary N) is 1. The van der Waals surface area contributed by atoms with Gasteiger partial charge in [-0.05, 0) is 6.07 Å². The fourth-order valence-corrected chi connectivity index (χ4v) is 2.51. The van der Waals surface area contributed by atoms with E-state index in [4.69, 9.17) is 5.73 Å². The van der Waals surface area contributed by atoms with Crippen molar-refractivity contribution in [3.63, 3.8) is 0 Å². The van der Waals surface area contributed by atoms with Crippen LogP contribution >= 0.6 is 0 Å². The molecular formula is C11H15N5O. The van der Waals surface area contributed by atoms with Gasteiger partial charge in [0.05, 0.1) is 23.6 Å². The molecular weight excluding hydrogens is 218 g/mol. The number of hydrogen-bond donors (Lipinski definition) is 2. The summed E-state index contributed by atoms with van der Waals surface area (Å²) in [6.45, 7) is 3.11. The predicted octanol–water partition coefficient (Wildman–Crippen LogP) is -0.122. The molecule has 3 rings (SSSR count). The number of amides is 2. The first-order valence-corrected chi connectivity index (χ1v) is 5.74. The Labute approximate surface area is 99.4 Å². The molecule has 0 saturated carbocycles. The highest BCUT2D eigenvalue weighted by Crippen LogP contribution is 2.25. The molecule has 0 bridgehead atoms. The zero-order chi connectivity index (χ0) is 11.8. The molecule has 0 aliphatic carbocycles. The number of piperazine rings is 1. The van der Waals surface area contributed by atoms with Crippen molar-refractivity contribution >= 4 is 17.4 Å². The van der Waals surface area contributed by atoms with E-state index in [0.29, 0.717) is 5.69 Å². The van der Waals surface area contributed by atoms with Crippen molar-refractivity contribution in [1.82, 2.24) is 15.2 Å². The molecule has 17 heavy (non-hydrogen) atoms. The lowest BCUT2D eigenvalue weighted by Crippen LogP contribution is -2.52. The van der Waals surface area contributed by atoms with Gasteiger partial charge in [0, 0.05) is 32.4 Å². The zero-order valence-electron chi connectivity index (χ0n) is 9.47. The minimum absolute atomic E-state index is 0.0531. The monoisotopic (exact) mass is 233 g/mol. The summed E-state index contributed by atoms with van der Waals surface area (Å²) < 4.78 is 0. The number of pyridine rings is 1. The number of carbonyl (C=O) groups is 1. The maximum Gasteiger partial charge on any atom is 0.317 e. The topological polar surface area (TPSA) is 74.5 Å². The van der Waals surface area contributed by atoms with Crippen molar-refractivity contribution in [2.24, 2.45) is 0 Å². The molecule has 1 atom stereocenters. The van der Waals surface area contributed by atoms with Crippen molar-refractivity contribution < 1.29 is 4.79 Å². The molecule has 1 unspecified atom stereocenters. The molecule has 2 fully saturated rings. The zero-order valence-corrected chi connectivity index (χ0v) is 9.47. The lowest BCUT2D eigenvalue weighted by atomic mass is 10.1. The Morgan fingerprint density at radius 3 is 3.18 bits per heavy atom. The number of nitrogens with one attached hydrogen (secondary N) is 1. The Kier molecular flexibility index (Phi) is 2.28. The first-order valence-electron chi connectivity index (χ1n) is 5.74. The second kappa shape index (κ2) is 3.80. The van der Waals surface area contributed by atoms with E-state index >= 15 is 0 Å². The molecule has 2 amide bonds. The second-order valence-corrected chi connectivity index (χ2v) is 4.41. The van der Waals surface area contributed by atoms with E-state index in [1.807, 2.05) is 11.0 Å². The summed E-state index contributed by atoms with van der Waals surface area (Å²) in [5.41, 5.74) is 7.62. The van der Waals surface area contributed by atoms with Gasteiger partial charge in [0.15, 0.2) is 0 Å². The first-order chi connectivity index (χ1) is 8.25. The van der Waals surface area contributed by atoms with Crippen LogP contribution in [-0.2, 0) is 0 Å². The normalized spacial score (nSPS) is 23.5. The average Bonchev–Trinajstić information content (AvgIpc) is 2.71. The fourth-order valence-electron chi connectivity index (χ4n) is 2.51. The van der Waals surface area contributed by atoms with Crippen LogP contribution in [0.2, 0.25) is 0 Å². The summed E-state index contributed by atoms with van der Waals surface area (Å²) in [5, 5.41) is 2.86. The average molecular weight is 233 g/mol. The number of hydrogen-bond acceptors (Lipinski definition) is 4. The Hall–Kier alpha value is -1.98. The van der Waals surface area contributed by atoms with Gasteiger partial charge in [-0.2, -0.15) is 0 Å². The van der Waals surface area contributed by atoms with Crippen LogP contribution in [-0.4, -0.2) is 48.1 Å². The molecule has 2 aliphatic heterocycles. The number of aromatic nitrogens is 1. The van der Waals surface area contributed by atoms with Crippen molar-refractivity contribution in [1.29, 1.82) is 0 Å². The standard InChI is InChI=1S/C11H15N5O/c12-9-6-13-2-1-10(9)15-3-4-16-8(7-15)5-14-11(16)17/h1-2,6,8H,3-5,7,12H2,(H,14,17). The molecule has 2 aliphatic rings. The summed E-state index contributed by atoms with van der Waals surface area (Å²) in [6.07, 6.45) is 3.41. The highest BCUT2D eigenvalue weighted by atomic mass is 16.2. The van der Waals surface area contributed by atoms with Gasteiger partial charge in [0.1, 0.15) is 0 Å². The largest absolute Gasteiger partial charge is 0.396 e. The third kappa shape index (κ3) is 1.65. The van der Waals surface area contributed by atoms with Crippen molar-refractivity contribution in [3.8, 4) is 0 Å². The summed E-state index contributed by atoms with van der Waals surface area (Å²) in [5.74, 6) is 0. The number of nitrogens with zero attached hydrogens (tertiary/aromatic N) is 3. The highest BCUT2D eigenvalue weighted by Gasteiger charge is 2.35. The van der Waals surface area contributed by atoms with Gasteiger partial charge in [-0.25, -0.2) is 4.79 Å².